The molecular formula is C13H17BrFNO. The summed E-state index contributed by atoms with van der Waals surface area (Å²) in [6, 6.07) is 3.30. The van der Waals surface area contributed by atoms with Gasteiger partial charge in [0.15, 0.2) is 0 Å². The minimum absolute atomic E-state index is 0.163. The molecule has 0 amide bonds. The molecule has 94 valence electrons. The van der Waals surface area contributed by atoms with Crippen molar-refractivity contribution in [2.45, 2.75) is 19.3 Å². The van der Waals surface area contributed by atoms with Crippen LogP contribution in [0, 0.1) is 11.7 Å². The van der Waals surface area contributed by atoms with Crippen molar-refractivity contribution in [3.63, 3.8) is 0 Å². The zero-order valence-electron chi connectivity index (χ0n) is 9.93. The van der Waals surface area contributed by atoms with Crippen LogP contribution in [0.5, 0.6) is 5.75 Å². The van der Waals surface area contributed by atoms with Crippen LogP contribution < -0.4 is 10.1 Å². The monoisotopic (exact) mass is 301 g/mol. The van der Waals surface area contributed by atoms with Gasteiger partial charge < -0.3 is 10.1 Å². The van der Waals surface area contributed by atoms with E-state index >= 15 is 0 Å². The Balaban J connectivity index is 2.12. The van der Waals surface area contributed by atoms with Gasteiger partial charge >= 0.3 is 0 Å². The SMILES string of the molecule is COc1cc(F)c(CC2CCNCC2)cc1Br. The number of hydrogen-bond donors (Lipinski definition) is 1. The van der Waals surface area contributed by atoms with E-state index in [1.807, 2.05) is 6.07 Å². The molecule has 0 aromatic heterocycles. The number of nitrogens with one attached hydrogen (secondary N) is 1. The Morgan fingerprint density at radius 3 is 2.76 bits per heavy atom. The van der Waals surface area contributed by atoms with Gasteiger partial charge in [0.05, 0.1) is 11.6 Å². The van der Waals surface area contributed by atoms with E-state index in [9.17, 15) is 4.39 Å². The second-order valence-electron chi connectivity index (χ2n) is 4.48. The van der Waals surface area contributed by atoms with Crippen LogP contribution in [-0.4, -0.2) is 20.2 Å². The molecule has 0 spiro atoms. The predicted octanol–water partition coefficient (Wildman–Crippen LogP) is 3.14. The first-order valence-corrected chi connectivity index (χ1v) is 6.72. The van der Waals surface area contributed by atoms with Crippen molar-refractivity contribution in [3.05, 3.63) is 28.0 Å². The molecule has 2 rings (SSSR count). The van der Waals surface area contributed by atoms with Crippen molar-refractivity contribution in [3.8, 4) is 5.75 Å². The van der Waals surface area contributed by atoms with Crippen molar-refractivity contribution in [1.82, 2.24) is 5.32 Å². The van der Waals surface area contributed by atoms with E-state index in [1.165, 1.54) is 6.07 Å². The molecule has 1 N–H and O–H groups in total. The van der Waals surface area contributed by atoms with Gasteiger partial charge in [-0.25, -0.2) is 4.39 Å². The Kier molecular flexibility index (Phi) is 4.40. The molecule has 17 heavy (non-hydrogen) atoms. The summed E-state index contributed by atoms with van der Waals surface area (Å²) in [6.45, 7) is 2.09. The Morgan fingerprint density at radius 2 is 2.12 bits per heavy atom. The quantitative estimate of drug-likeness (QED) is 0.926. The van der Waals surface area contributed by atoms with Gasteiger partial charge in [0.25, 0.3) is 0 Å². The van der Waals surface area contributed by atoms with Crippen LogP contribution in [-0.2, 0) is 6.42 Å². The minimum atomic E-state index is -0.163. The number of piperidine rings is 1. The van der Waals surface area contributed by atoms with Crippen LogP contribution in [0.2, 0.25) is 0 Å². The first-order valence-electron chi connectivity index (χ1n) is 5.93. The highest BCUT2D eigenvalue weighted by Crippen LogP contribution is 2.30. The van der Waals surface area contributed by atoms with E-state index in [1.54, 1.807) is 7.11 Å². The molecule has 0 atom stereocenters. The van der Waals surface area contributed by atoms with E-state index in [0.29, 0.717) is 11.7 Å². The summed E-state index contributed by atoms with van der Waals surface area (Å²) in [5, 5.41) is 3.32. The number of methoxy groups -OCH3 is 1. The zero-order chi connectivity index (χ0) is 12.3. The molecule has 0 bridgehead atoms. The lowest BCUT2D eigenvalue weighted by molar-refractivity contribution is 0.367. The standard InChI is InChI=1S/C13H17BrFNO/c1-17-13-8-12(15)10(7-11(13)14)6-9-2-4-16-5-3-9/h7-9,16H,2-6H2,1H3. The van der Waals surface area contributed by atoms with E-state index in [0.717, 1.165) is 42.4 Å². The highest BCUT2D eigenvalue weighted by molar-refractivity contribution is 9.10. The molecule has 2 nitrogen and oxygen atoms in total. The van der Waals surface area contributed by atoms with E-state index in [4.69, 9.17) is 4.74 Å². The predicted molar refractivity (Wildman–Crippen MR) is 69.9 cm³/mol. The van der Waals surface area contributed by atoms with Crippen molar-refractivity contribution in [2.24, 2.45) is 5.92 Å². The Bertz CT molecular complexity index is 391. The highest BCUT2D eigenvalue weighted by atomic mass is 79.9. The molecular weight excluding hydrogens is 285 g/mol. The number of hydrogen-bond acceptors (Lipinski definition) is 2. The molecule has 1 aliphatic rings. The fourth-order valence-electron chi connectivity index (χ4n) is 2.28. The van der Waals surface area contributed by atoms with Gasteiger partial charge in [-0.1, -0.05) is 0 Å². The summed E-state index contributed by atoms with van der Waals surface area (Å²) < 4.78 is 19.8. The molecule has 1 aromatic carbocycles. The van der Waals surface area contributed by atoms with Crippen LogP contribution in [0.25, 0.3) is 0 Å². The first-order chi connectivity index (χ1) is 8.20. The molecule has 1 saturated heterocycles. The molecule has 1 aliphatic heterocycles. The summed E-state index contributed by atoms with van der Waals surface area (Å²) in [5.74, 6) is 0.978. The second-order valence-corrected chi connectivity index (χ2v) is 5.33. The van der Waals surface area contributed by atoms with Crippen LogP contribution >= 0.6 is 15.9 Å². The fraction of sp³-hybridized carbons (Fsp3) is 0.538. The van der Waals surface area contributed by atoms with Gasteiger partial charge in [0.1, 0.15) is 11.6 Å². The molecule has 4 heteroatoms. The van der Waals surface area contributed by atoms with Gasteiger partial charge in [-0.3, -0.25) is 0 Å². The lowest BCUT2D eigenvalue weighted by Gasteiger charge is -2.23. The molecule has 1 fully saturated rings. The van der Waals surface area contributed by atoms with Crippen LogP contribution in [0.4, 0.5) is 4.39 Å². The van der Waals surface area contributed by atoms with Crippen LogP contribution in [0.3, 0.4) is 0 Å². The van der Waals surface area contributed by atoms with E-state index in [-0.39, 0.29) is 5.82 Å². The van der Waals surface area contributed by atoms with Crippen molar-refractivity contribution in [1.29, 1.82) is 0 Å². The summed E-state index contributed by atoms with van der Waals surface area (Å²) in [4.78, 5) is 0. The number of benzene rings is 1. The average molecular weight is 302 g/mol. The third-order valence-electron chi connectivity index (χ3n) is 3.29. The van der Waals surface area contributed by atoms with Crippen LogP contribution in [0.15, 0.2) is 16.6 Å². The molecule has 1 heterocycles. The van der Waals surface area contributed by atoms with E-state index < -0.39 is 0 Å². The molecule has 0 unspecified atom stereocenters. The van der Waals surface area contributed by atoms with Gasteiger partial charge in [0, 0.05) is 6.07 Å². The van der Waals surface area contributed by atoms with Crippen LogP contribution in [0.1, 0.15) is 18.4 Å². The van der Waals surface area contributed by atoms with Crippen molar-refractivity contribution in [2.75, 3.05) is 20.2 Å². The second kappa shape index (κ2) is 5.83. The average Bonchev–Trinajstić information content (AvgIpc) is 2.34. The lowest BCUT2D eigenvalue weighted by atomic mass is 9.91. The van der Waals surface area contributed by atoms with Crippen molar-refractivity contribution >= 4 is 15.9 Å². The molecule has 1 aromatic rings. The number of rotatable bonds is 3. The third-order valence-corrected chi connectivity index (χ3v) is 3.91. The summed E-state index contributed by atoms with van der Waals surface area (Å²) >= 11 is 3.40. The zero-order valence-corrected chi connectivity index (χ0v) is 11.5. The van der Waals surface area contributed by atoms with Gasteiger partial charge in [-0.15, -0.1) is 0 Å². The maximum Gasteiger partial charge on any atom is 0.135 e. The Morgan fingerprint density at radius 1 is 1.41 bits per heavy atom. The summed E-state index contributed by atoms with van der Waals surface area (Å²) in [5.41, 5.74) is 0.782. The van der Waals surface area contributed by atoms with Gasteiger partial charge in [-0.05, 0) is 65.8 Å². The number of ether oxygens (including phenoxy) is 1. The maximum atomic E-state index is 13.9. The van der Waals surface area contributed by atoms with E-state index in [2.05, 4.69) is 21.2 Å². The first kappa shape index (κ1) is 12.8. The molecule has 0 radical (unpaired) electrons. The maximum absolute atomic E-state index is 13.9. The van der Waals surface area contributed by atoms with Gasteiger partial charge in [0.2, 0.25) is 0 Å². The lowest BCUT2D eigenvalue weighted by Crippen LogP contribution is -2.28. The highest BCUT2D eigenvalue weighted by Gasteiger charge is 2.17. The fourth-order valence-corrected chi connectivity index (χ4v) is 2.83. The third kappa shape index (κ3) is 3.19. The molecule has 0 saturated carbocycles. The number of halogens is 2. The smallest absolute Gasteiger partial charge is 0.135 e. The normalized spacial score (nSPS) is 17.1. The summed E-state index contributed by atoms with van der Waals surface area (Å²) in [7, 11) is 1.55. The largest absolute Gasteiger partial charge is 0.495 e. The summed E-state index contributed by atoms with van der Waals surface area (Å²) in [6.07, 6.45) is 3.07. The van der Waals surface area contributed by atoms with Crippen molar-refractivity contribution < 1.29 is 9.13 Å². The molecule has 0 aliphatic carbocycles. The minimum Gasteiger partial charge on any atom is -0.495 e. The Labute approximate surface area is 110 Å². The Hall–Kier alpha value is -0.610. The van der Waals surface area contributed by atoms with Gasteiger partial charge in [-0.2, -0.15) is 0 Å². The topological polar surface area (TPSA) is 21.3 Å².